The van der Waals surface area contributed by atoms with E-state index in [2.05, 4.69) is 83.4 Å². The van der Waals surface area contributed by atoms with E-state index in [1.807, 2.05) is 78.9 Å². The molecule has 0 saturated heterocycles. The Labute approximate surface area is 290 Å². The lowest BCUT2D eigenvalue weighted by atomic mass is 10.0. The van der Waals surface area contributed by atoms with Gasteiger partial charge in [0.1, 0.15) is 28.2 Å². The highest BCUT2D eigenvalue weighted by atomic mass is 16.3. The molecule has 6 nitrogen and oxygen atoms in total. The molecule has 4 aromatic heterocycles. The molecule has 238 valence electrons. The normalized spacial score (nSPS) is 11.9. The summed E-state index contributed by atoms with van der Waals surface area (Å²) in [5.41, 5.74) is 10.8. The molecule has 0 spiro atoms. The Balaban J connectivity index is 1.16. The molecule has 7 aromatic carbocycles. The minimum absolute atomic E-state index is 0.650. The number of rotatable bonds is 4. The first-order valence-corrected chi connectivity index (χ1v) is 16.9. The van der Waals surface area contributed by atoms with Crippen LogP contribution in [0.4, 0.5) is 0 Å². The maximum Gasteiger partial charge on any atom is 0.161 e. The molecule has 11 aromatic rings. The van der Waals surface area contributed by atoms with Crippen molar-refractivity contribution in [1.82, 2.24) is 19.5 Å². The third-order valence-corrected chi connectivity index (χ3v) is 9.83. The minimum Gasteiger partial charge on any atom is -0.456 e. The maximum absolute atomic E-state index is 6.49. The van der Waals surface area contributed by atoms with Gasteiger partial charge in [0.05, 0.1) is 27.8 Å². The molecule has 0 radical (unpaired) electrons. The largest absolute Gasteiger partial charge is 0.456 e. The second kappa shape index (κ2) is 10.7. The Hall–Kier alpha value is -7.05. The first kappa shape index (κ1) is 27.9. The van der Waals surface area contributed by atoms with E-state index in [0.717, 1.165) is 99.7 Å². The van der Waals surface area contributed by atoms with Gasteiger partial charge >= 0.3 is 0 Å². The quantitative estimate of drug-likeness (QED) is 0.189. The molecule has 0 aliphatic heterocycles. The van der Waals surface area contributed by atoms with E-state index in [0.29, 0.717) is 5.82 Å². The molecular weight excluding hydrogens is 629 g/mol. The second-order valence-corrected chi connectivity index (χ2v) is 12.8. The van der Waals surface area contributed by atoms with Gasteiger partial charge in [-0.15, -0.1) is 0 Å². The smallest absolute Gasteiger partial charge is 0.161 e. The zero-order valence-corrected chi connectivity index (χ0v) is 27.1. The Morgan fingerprint density at radius 2 is 1.16 bits per heavy atom. The van der Waals surface area contributed by atoms with Gasteiger partial charge in [-0.2, -0.15) is 0 Å². The van der Waals surface area contributed by atoms with Gasteiger partial charge < -0.3 is 8.83 Å². The van der Waals surface area contributed by atoms with Crippen molar-refractivity contribution >= 4 is 65.8 Å². The van der Waals surface area contributed by atoms with E-state index in [9.17, 15) is 0 Å². The lowest BCUT2D eigenvalue weighted by Gasteiger charge is -2.11. The SMILES string of the molecule is c1ccc(-c2nc(-c3cccc4oc5ccc(-n6c(-c7cccc8c7oc7ccccc78)nc7ccccc76)cc5c34)nc3ccccc23)cc1. The van der Waals surface area contributed by atoms with E-state index in [1.165, 1.54) is 0 Å². The zero-order chi connectivity index (χ0) is 33.5. The van der Waals surface area contributed by atoms with Gasteiger partial charge in [0.15, 0.2) is 5.82 Å². The number of imidazole rings is 1. The van der Waals surface area contributed by atoms with Crippen LogP contribution in [0.25, 0.3) is 106 Å². The highest BCUT2D eigenvalue weighted by Crippen LogP contribution is 2.41. The summed E-state index contributed by atoms with van der Waals surface area (Å²) in [4.78, 5) is 15.5. The van der Waals surface area contributed by atoms with Crippen molar-refractivity contribution in [3.8, 4) is 39.7 Å². The highest BCUT2D eigenvalue weighted by Gasteiger charge is 2.22. The van der Waals surface area contributed by atoms with E-state index >= 15 is 0 Å². The zero-order valence-electron chi connectivity index (χ0n) is 27.1. The number of benzene rings is 7. The Morgan fingerprint density at radius 3 is 2.08 bits per heavy atom. The topological polar surface area (TPSA) is 69.9 Å². The van der Waals surface area contributed by atoms with Crippen LogP contribution in [0.5, 0.6) is 0 Å². The number of para-hydroxylation sites is 5. The van der Waals surface area contributed by atoms with Crippen LogP contribution in [0.2, 0.25) is 0 Å². The van der Waals surface area contributed by atoms with Crippen LogP contribution in [-0.4, -0.2) is 19.5 Å². The van der Waals surface area contributed by atoms with Crippen LogP contribution in [0, 0.1) is 0 Å². The van der Waals surface area contributed by atoms with Crippen LogP contribution in [0.3, 0.4) is 0 Å². The molecule has 4 heterocycles. The number of hydrogen-bond donors (Lipinski definition) is 0. The summed E-state index contributed by atoms with van der Waals surface area (Å²) in [7, 11) is 0. The van der Waals surface area contributed by atoms with Gasteiger partial charge in [0, 0.05) is 43.7 Å². The van der Waals surface area contributed by atoms with E-state index in [1.54, 1.807) is 0 Å². The van der Waals surface area contributed by atoms with Gasteiger partial charge in [-0.25, -0.2) is 15.0 Å². The highest BCUT2D eigenvalue weighted by molar-refractivity contribution is 6.13. The van der Waals surface area contributed by atoms with Crippen molar-refractivity contribution in [2.45, 2.75) is 0 Å². The average Bonchev–Trinajstić information content (AvgIpc) is 3.89. The molecule has 51 heavy (non-hydrogen) atoms. The van der Waals surface area contributed by atoms with Crippen LogP contribution in [-0.2, 0) is 0 Å². The van der Waals surface area contributed by atoms with Gasteiger partial charge in [0.25, 0.3) is 0 Å². The second-order valence-electron chi connectivity index (χ2n) is 12.8. The predicted molar refractivity (Wildman–Crippen MR) is 205 cm³/mol. The summed E-state index contributed by atoms with van der Waals surface area (Å²) in [5.74, 6) is 1.45. The monoisotopic (exact) mass is 654 g/mol. The molecule has 0 fully saturated rings. The predicted octanol–water partition coefficient (Wildman–Crippen LogP) is 11.8. The van der Waals surface area contributed by atoms with Gasteiger partial charge in [-0.3, -0.25) is 4.57 Å². The molecule has 0 unspecified atom stereocenters. The standard InChI is InChI=1S/C45H26N4O2/c1-2-12-27(13-3-1)42-31-15-4-6-19-35(31)46-44(48-42)32-17-11-23-40-41(32)34-26-28(24-25-39(34)50-40)49-37-21-8-7-20-36(37)47-45(49)33-18-10-16-30-29-14-5-9-22-38(29)51-43(30)33/h1-26H. The Morgan fingerprint density at radius 1 is 0.451 bits per heavy atom. The van der Waals surface area contributed by atoms with Crippen molar-refractivity contribution in [3.63, 3.8) is 0 Å². The van der Waals surface area contributed by atoms with Crippen molar-refractivity contribution in [3.05, 3.63) is 158 Å². The lowest BCUT2D eigenvalue weighted by Crippen LogP contribution is -1.98. The molecule has 0 atom stereocenters. The van der Waals surface area contributed by atoms with Crippen LogP contribution in [0.1, 0.15) is 0 Å². The van der Waals surface area contributed by atoms with Gasteiger partial charge in [0.2, 0.25) is 0 Å². The van der Waals surface area contributed by atoms with Crippen molar-refractivity contribution in [1.29, 1.82) is 0 Å². The summed E-state index contributed by atoms with van der Waals surface area (Å²) in [5, 5.41) is 5.10. The fourth-order valence-electron chi connectivity index (χ4n) is 7.54. The fraction of sp³-hybridized carbons (Fsp3) is 0. The number of nitrogens with zero attached hydrogens (tertiary/aromatic N) is 4. The Kier molecular flexibility index (Phi) is 5.86. The molecule has 0 saturated carbocycles. The lowest BCUT2D eigenvalue weighted by molar-refractivity contribution is 0.668. The van der Waals surface area contributed by atoms with Crippen molar-refractivity contribution in [2.75, 3.05) is 0 Å². The Bertz CT molecular complexity index is 3150. The maximum atomic E-state index is 6.49. The molecule has 0 amide bonds. The molecule has 0 N–H and O–H groups in total. The molecular formula is C45H26N4O2. The molecule has 0 bridgehead atoms. The molecule has 6 heteroatoms. The van der Waals surface area contributed by atoms with Gasteiger partial charge in [-0.1, -0.05) is 103 Å². The fourth-order valence-corrected chi connectivity index (χ4v) is 7.54. The summed E-state index contributed by atoms with van der Waals surface area (Å²) >= 11 is 0. The van der Waals surface area contributed by atoms with Crippen molar-refractivity contribution in [2.24, 2.45) is 0 Å². The molecule has 0 aliphatic carbocycles. The molecule has 11 rings (SSSR count). The first-order valence-electron chi connectivity index (χ1n) is 16.9. The summed E-state index contributed by atoms with van der Waals surface area (Å²) in [6.45, 7) is 0. The molecule has 0 aliphatic rings. The third-order valence-electron chi connectivity index (χ3n) is 9.83. The van der Waals surface area contributed by atoms with Crippen molar-refractivity contribution < 1.29 is 8.83 Å². The van der Waals surface area contributed by atoms with Crippen LogP contribution >= 0.6 is 0 Å². The minimum atomic E-state index is 0.650. The number of hydrogen-bond acceptors (Lipinski definition) is 5. The first-order chi connectivity index (χ1) is 25.3. The summed E-state index contributed by atoms with van der Waals surface area (Å²) < 4.78 is 15.2. The average molecular weight is 655 g/mol. The number of aromatic nitrogens is 4. The summed E-state index contributed by atoms with van der Waals surface area (Å²) in [6.07, 6.45) is 0. The van der Waals surface area contributed by atoms with E-state index in [-0.39, 0.29) is 0 Å². The van der Waals surface area contributed by atoms with Gasteiger partial charge in [-0.05, 0) is 54.6 Å². The third kappa shape index (κ3) is 4.20. The van der Waals surface area contributed by atoms with E-state index < -0.39 is 0 Å². The number of fused-ring (bicyclic) bond motifs is 8. The van der Waals surface area contributed by atoms with Crippen LogP contribution in [0.15, 0.2) is 167 Å². The summed E-state index contributed by atoms with van der Waals surface area (Å²) in [6, 6.07) is 53.6. The van der Waals surface area contributed by atoms with Crippen LogP contribution < -0.4 is 0 Å². The van der Waals surface area contributed by atoms with E-state index in [4.69, 9.17) is 23.8 Å². The number of furan rings is 2.